The zero-order valence-electron chi connectivity index (χ0n) is 6.61. The van der Waals surface area contributed by atoms with Crippen LogP contribution >= 0.6 is 0 Å². The van der Waals surface area contributed by atoms with E-state index in [1.165, 1.54) is 6.20 Å². The third kappa shape index (κ3) is 1.22. The van der Waals surface area contributed by atoms with Crippen molar-refractivity contribution in [3.8, 4) is 0 Å². The fraction of sp³-hybridized carbons (Fsp3) is 0.125. The van der Waals surface area contributed by atoms with Crippen LogP contribution in [0.2, 0.25) is 0 Å². The Labute approximate surface area is 72.8 Å². The summed E-state index contributed by atoms with van der Waals surface area (Å²) in [6.45, 7) is -2.62. The van der Waals surface area contributed by atoms with Gasteiger partial charge in [0.05, 0.1) is 5.52 Å². The molecule has 1 aromatic heterocycles. The van der Waals surface area contributed by atoms with Gasteiger partial charge in [-0.25, -0.2) is 4.68 Å². The highest BCUT2D eigenvalue weighted by Gasteiger charge is 2.09. The molecule has 0 radical (unpaired) electrons. The summed E-state index contributed by atoms with van der Waals surface area (Å²) in [5.74, 6) is 0. The van der Waals surface area contributed by atoms with Gasteiger partial charge >= 0.3 is 6.55 Å². The molecule has 1 heterocycles. The van der Waals surface area contributed by atoms with Crippen molar-refractivity contribution in [2.75, 3.05) is 5.73 Å². The van der Waals surface area contributed by atoms with Crippen molar-refractivity contribution in [1.82, 2.24) is 9.78 Å². The van der Waals surface area contributed by atoms with Gasteiger partial charge in [0.1, 0.15) is 0 Å². The van der Waals surface area contributed by atoms with E-state index in [1.54, 1.807) is 18.2 Å². The van der Waals surface area contributed by atoms with E-state index >= 15 is 0 Å². The van der Waals surface area contributed by atoms with E-state index in [1.807, 2.05) is 0 Å². The van der Waals surface area contributed by atoms with Crippen molar-refractivity contribution in [1.29, 1.82) is 0 Å². The van der Waals surface area contributed by atoms with E-state index in [4.69, 9.17) is 5.73 Å². The van der Waals surface area contributed by atoms with Crippen molar-refractivity contribution >= 4 is 16.6 Å². The monoisotopic (exact) mass is 183 g/mol. The van der Waals surface area contributed by atoms with Crippen LogP contribution in [-0.2, 0) is 0 Å². The Bertz CT molecular complexity index is 436. The van der Waals surface area contributed by atoms with Crippen molar-refractivity contribution in [2.24, 2.45) is 0 Å². The number of rotatable bonds is 1. The Morgan fingerprint density at radius 2 is 2.15 bits per heavy atom. The van der Waals surface area contributed by atoms with Crippen LogP contribution in [0, 0.1) is 0 Å². The van der Waals surface area contributed by atoms with Crippen molar-refractivity contribution in [3.63, 3.8) is 0 Å². The summed E-state index contributed by atoms with van der Waals surface area (Å²) >= 11 is 0. The molecule has 0 aliphatic rings. The zero-order chi connectivity index (χ0) is 9.42. The standard InChI is InChI=1S/C8H7F2N3/c9-8(10)13-4-5-6(11)2-1-3-7(5)12-13/h1-4,8H,11H2. The first-order valence-electron chi connectivity index (χ1n) is 3.70. The van der Waals surface area contributed by atoms with Gasteiger partial charge in [0.2, 0.25) is 0 Å². The summed E-state index contributed by atoms with van der Waals surface area (Å²) in [5, 5.41) is 4.22. The molecule has 5 heteroatoms. The number of nitrogen functional groups attached to an aromatic ring is 1. The van der Waals surface area contributed by atoms with Crippen molar-refractivity contribution in [2.45, 2.75) is 6.55 Å². The molecule has 0 saturated heterocycles. The van der Waals surface area contributed by atoms with Crippen LogP contribution in [0.15, 0.2) is 24.4 Å². The van der Waals surface area contributed by atoms with Crippen LogP contribution in [0.1, 0.15) is 6.55 Å². The number of halogens is 2. The van der Waals surface area contributed by atoms with Gasteiger partial charge < -0.3 is 5.73 Å². The summed E-state index contributed by atoms with van der Waals surface area (Å²) in [6.07, 6.45) is 1.25. The second-order valence-corrected chi connectivity index (χ2v) is 2.67. The molecular formula is C8H7F2N3. The number of hydrogen-bond acceptors (Lipinski definition) is 2. The van der Waals surface area contributed by atoms with Gasteiger partial charge in [-0.2, -0.15) is 13.9 Å². The molecule has 0 atom stereocenters. The smallest absolute Gasteiger partial charge is 0.333 e. The van der Waals surface area contributed by atoms with Crippen LogP contribution in [0.5, 0.6) is 0 Å². The van der Waals surface area contributed by atoms with Crippen molar-refractivity contribution in [3.05, 3.63) is 24.4 Å². The quantitative estimate of drug-likeness (QED) is 0.687. The molecule has 0 saturated carbocycles. The number of aromatic nitrogens is 2. The Kier molecular flexibility index (Phi) is 1.65. The molecule has 0 amide bonds. The molecule has 13 heavy (non-hydrogen) atoms. The minimum atomic E-state index is -2.62. The predicted molar refractivity (Wildman–Crippen MR) is 45.4 cm³/mol. The molecule has 68 valence electrons. The lowest BCUT2D eigenvalue weighted by molar-refractivity contribution is 0.0574. The summed E-state index contributed by atoms with van der Waals surface area (Å²) in [5.41, 5.74) is 6.52. The molecule has 2 rings (SSSR count). The molecule has 2 aromatic rings. The molecule has 0 aliphatic carbocycles. The summed E-state index contributed by atoms with van der Waals surface area (Å²) in [4.78, 5) is 0. The van der Waals surface area contributed by atoms with Gasteiger partial charge in [0.25, 0.3) is 0 Å². The summed E-state index contributed by atoms with van der Waals surface area (Å²) in [6, 6.07) is 4.98. The maximum absolute atomic E-state index is 12.2. The average Bonchev–Trinajstić information content (AvgIpc) is 2.49. The highest BCUT2D eigenvalue weighted by molar-refractivity contribution is 5.89. The van der Waals surface area contributed by atoms with Crippen LogP contribution in [0.4, 0.5) is 14.5 Å². The topological polar surface area (TPSA) is 43.8 Å². The lowest BCUT2D eigenvalue weighted by Gasteiger charge is -1.94. The van der Waals surface area contributed by atoms with Crippen LogP contribution < -0.4 is 5.73 Å². The first-order chi connectivity index (χ1) is 6.18. The van der Waals surface area contributed by atoms with E-state index in [2.05, 4.69) is 5.10 Å². The van der Waals surface area contributed by atoms with Gasteiger partial charge in [-0.1, -0.05) is 6.07 Å². The lowest BCUT2D eigenvalue weighted by atomic mass is 10.2. The molecular weight excluding hydrogens is 176 g/mol. The third-order valence-corrected chi connectivity index (χ3v) is 1.80. The van der Waals surface area contributed by atoms with Crippen LogP contribution in [0.25, 0.3) is 10.9 Å². The summed E-state index contributed by atoms with van der Waals surface area (Å²) < 4.78 is 25.0. The van der Waals surface area contributed by atoms with Gasteiger partial charge in [-0.05, 0) is 12.1 Å². The first-order valence-corrected chi connectivity index (χ1v) is 3.70. The van der Waals surface area contributed by atoms with E-state index in [-0.39, 0.29) is 0 Å². The molecule has 1 aromatic carbocycles. The second-order valence-electron chi connectivity index (χ2n) is 2.67. The molecule has 0 fully saturated rings. The Morgan fingerprint density at radius 1 is 1.38 bits per heavy atom. The van der Waals surface area contributed by atoms with Gasteiger partial charge in [0, 0.05) is 17.3 Å². The highest BCUT2D eigenvalue weighted by Crippen LogP contribution is 2.21. The maximum atomic E-state index is 12.2. The van der Waals surface area contributed by atoms with E-state index in [0.29, 0.717) is 21.3 Å². The lowest BCUT2D eigenvalue weighted by Crippen LogP contribution is -1.96. The summed E-state index contributed by atoms with van der Waals surface area (Å²) in [7, 11) is 0. The minimum absolute atomic E-state index is 0.462. The minimum Gasteiger partial charge on any atom is -0.398 e. The highest BCUT2D eigenvalue weighted by atomic mass is 19.3. The third-order valence-electron chi connectivity index (χ3n) is 1.80. The normalized spacial score (nSPS) is 11.3. The fourth-order valence-corrected chi connectivity index (χ4v) is 1.18. The van der Waals surface area contributed by atoms with E-state index in [9.17, 15) is 8.78 Å². The van der Waals surface area contributed by atoms with Crippen LogP contribution in [0.3, 0.4) is 0 Å². The number of nitrogens with zero attached hydrogens (tertiary/aromatic N) is 2. The SMILES string of the molecule is Nc1cccc2nn(C(F)F)cc12. The van der Waals surface area contributed by atoms with Crippen molar-refractivity contribution < 1.29 is 8.78 Å². The van der Waals surface area contributed by atoms with E-state index in [0.717, 1.165) is 0 Å². The van der Waals surface area contributed by atoms with Gasteiger partial charge in [-0.3, -0.25) is 0 Å². The number of fused-ring (bicyclic) bond motifs is 1. The van der Waals surface area contributed by atoms with Gasteiger partial charge in [-0.15, -0.1) is 0 Å². The fourth-order valence-electron chi connectivity index (χ4n) is 1.18. The molecule has 0 bridgehead atoms. The molecule has 2 N–H and O–H groups in total. The predicted octanol–water partition coefficient (Wildman–Crippen LogP) is 2.01. The maximum Gasteiger partial charge on any atom is 0.333 e. The number of alkyl halides is 2. The Hall–Kier alpha value is -1.65. The molecule has 0 spiro atoms. The molecule has 3 nitrogen and oxygen atoms in total. The number of hydrogen-bond donors (Lipinski definition) is 1. The first kappa shape index (κ1) is 7.97. The van der Waals surface area contributed by atoms with Crippen LogP contribution in [-0.4, -0.2) is 9.78 Å². The Balaban J connectivity index is 2.68. The van der Waals surface area contributed by atoms with E-state index < -0.39 is 6.55 Å². The largest absolute Gasteiger partial charge is 0.398 e. The Morgan fingerprint density at radius 3 is 2.77 bits per heavy atom. The average molecular weight is 183 g/mol. The number of anilines is 1. The number of nitrogens with two attached hydrogens (primary N) is 1. The number of benzene rings is 1. The van der Waals surface area contributed by atoms with Gasteiger partial charge in [0.15, 0.2) is 0 Å². The molecule has 0 aliphatic heterocycles. The molecule has 0 unspecified atom stereocenters. The zero-order valence-corrected chi connectivity index (χ0v) is 6.61. The second kappa shape index (κ2) is 2.69.